The van der Waals surface area contributed by atoms with Crippen LogP contribution < -0.4 is 10.2 Å². The average molecular weight is 318 g/mol. The maximum absolute atomic E-state index is 12.6. The third kappa shape index (κ3) is 3.82. The van der Waals surface area contributed by atoms with Gasteiger partial charge in [-0.3, -0.25) is 9.69 Å². The molecular weight excluding hydrogens is 292 g/mol. The molecular formula is C17H26N4O2. The van der Waals surface area contributed by atoms with E-state index < -0.39 is 0 Å². The molecule has 126 valence electrons. The quantitative estimate of drug-likeness (QED) is 0.882. The van der Waals surface area contributed by atoms with Crippen LogP contribution in [-0.4, -0.2) is 67.8 Å². The van der Waals surface area contributed by atoms with Gasteiger partial charge in [0, 0.05) is 31.9 Å². The Morgan fingerprint density at radius 1 is 1.39 bits per heavy atom. The summed E-state index contributed by atoms with van der Waals surface area (Å²) in [6.07, 6.45) is 4.13. The van der Waals surface area contributed by atoms with Gasteiger partial charge in [-0.25, -0.2) is 4.98 Å². The molecule has 3 rings (SSSR count). The van der Waals surface area contributed by atoms with Crippen molar-refractivity contribution in [2.24, 2.45) is 0 Å². The van der Waals surface area contributed by atoms with Crippen molar-refractivity contribution in [3.8, 4) is 0 Å². The fourth-order valence-electron chi connectivity index (χ4n) is 3.45. The maximum atomic E-state index is 12.6. The third-order valence-electron chi connectivity index (χ3n) is 4.75. The first kappa shape index (κ1) is 16.2. The number of amides is 1. The summed E-state index contributed by atoms with van der Waals surface area (Å²) < 4.78 is 5.39. The molecule has 1 aromatic heterocycles. The number of pyridine rings is 1. The van der Waals surface area contributed by atoms with Gasteiger partial charge in [0.1, 0.15) is 5.82 Å². The Balaban J connectivity index is 1.65. The number of hydrogen-bond acceptors (Lipinski definition) is 5. The lowest BCUT2D eigenvalue weighted by Gasteiger charge is -2.29. The van der Waals surface area contributed by atoms with Crippen molar-refractivity contribution in [2.45, 2.75) is 25.8 Å². The number of nitrogens with zero attached hydrogens (tertiary/aromatic N) is 3. The molecule has 0 unspecified atom stereocenters. The van der Waals surface area contributed by atoms with Gasteiger partial charge in [-0.1, -0.05) is 6.92 Å². The number of carbonyl (C=O) groups is 1. The summed E-state index contributed by atoms with van der Waals surface area (Å²) >= 11 is 0. The lowest BCUT2D eigenvalue weighted by molar-refractivity contribution is 0.0939. The average Bonchev–Trinajstić information content (AvgIpc) is 3.08. The fraction of sp³-hybridized carbons (Fsp3) is 0.647. The van der Waals surface area contributed by atoms with Crippen molar-refractivity contribution in [2.75, 3.05) is 50.8 Å². The number of ether oxygens (including phenoxy) is 1. The summed E-state index contributed by atoms with van der Waals surface area (Å²) in [6, 6.07) is 4.15. The first-order valence-electron chi connectivity index (χ1n) is 8.59. The van der Waals surface area contributed by atoms with Crippen LogP contribution >= 0.6 is 0 Å². The molecule has 0 aromatic carbocycles. The van der Waals surface area contributed by atoms with Crippen LogP contribution in [0.2, 0.25) is 0 Å². The second kappa shape index (κ2) is 7.75. The van der Waals surface area contributed by atoms with E-state index in [1.54, 1.807) is 6.20 Å². The fourth-order valence-corrected chi connectivity index (χ4v) is 3.45. The molecule has 1 atom stereocenters. The Labute approximate surface area is 137 Å². The van der Waals surface area contributed by atoms with Gasteiger partial charge in [-0.05, 0) is 38.1 Å². The van der Waals surface area contributed by atoms with E-state index in [0.717, 1.165) is 38.4 Å². The Kier molecular flexibility index (Phi) is 5.46. The number of hydrogen-bond donors (Lipinski definition) is 1. The number of aromatic nitrogens is 1. The van der Waals surface area contributed by atoms with E-state index in [0.29, 0.717) is 31.4 Å². The molecule has 0 aliphatic carbocycles. The number of likely N-dealkylation sites (N-methyl/N-ethyl adjacent to an activating group) is 1. The molecule has 2 fully saturated rings. The zero-order valence-electron chi connectivity index (χ0n) is 13.8. The second-order valence-corrected chi connectivity index (χ2v) is 6.11. The Morgan fingerprint density at radius 2 is 2.22 bits per heavy atom. The van der Waals surface area contributed by atoms with E-state index in [9.17, 15) is 4.79 Å². The molecule has 2 aliphatic heterocycles. The lowest BCUT2D eigenvalue weighted by atomic mass is 10.2. The maximum Gasteiger partial charge on any atom is 0.255 e. The molecule has 0 radical (unpaired) electrons. The van der Waals surface area contributed by atoms with Crippen molar-refractivity contribution >= 4 is 11.7 Å². The largest absolute Gasteiger partial charge is 0.378 e. The van der Waals surface area contributed by atoms with Crippen LogP contribution in [0.15, 0.2) is 18.3 Å². The molecule has 2 saturated heterocycles. The van der Waals surface area contributed by atoms with Crippen LogP contribution in [0.1, 0.15) is 30.1 Å². The topological polar surface area (TPSA) is 57.7 Å². The number of rotatable bonds is 5. The summed E-state index contributed by atoms with van der Waals surface area (Å²) in [4.78, 5) is 21.6. The summed E-state index contributed by atoms with van der Waals surface area (Å²) in [5.41, 5.74) is 0.662. The summed E-state index contributed by atoms with van der Waals surface area (Å²) in [5, 5.41) is 3.11. The molecule has 1 N–H and O–H groups in total. The monoisotopic (exact) mass is 318 g/mol. The molecule has 0 saturated carbocycles. The van der Waals surface area contributed by atoms with Gasteiger partial charge in [0.25, 0.3) is 5.91 Å². The number of carbonyl (C=O) groups excluding carboxylic acids is 1. The number of anilines is 1. The van der Waals surface area contributed by atoms with Crippen molar-refractivity contribution in [1.82, 2.24) is 15.2 Å². The first-order chi connectivity index (χ1) is 11.3. The molecule has 1 amide bonds. The highest BCUT2D eigenvalue weighted by Gasteiger charge is 2.25. The second-order valence-electron chi connectivity index (χ2n) is 6.11. The third-order valence-corrected chi connectivity index (χ3v) is 4.75. The molecule has 2 aliphatic rings. The zero-order valence-corrected chi connectivity index (χ0v) is 13.8. The van der Waals surface area contributed by atoms with Crippen LogP contribution in [0, 0.1) is 0 Å². The van der Waals surface area contributed by atoms with Gasteiger partial charge in [-0.2, -0.15) is 0 Å². The standard InChI is InChI=1S/C17H26N4O2/c1-2-20-8-4-5-14(20)13-19-17(22)15-6-3-7-18-16(15)21-9-11-23-12-10-21/h3,6-7,14H,2,4-5,8-13H2,1H3,(H,19,22)/t14-/m1/s1. The van der Waals surface area contributed by atoms with Gasteiger partial charge in [0.15, 0.2) is 0 Å². The van der Waals surface area contributed by atoms with Crippen molar-refractivity contribution < 1.29 is 9.53 Å². The van der Waals surface area contributed by atoms with Crippen LogP contribution in [0.3, 0.4) is 0 Å². The smallest absolute Gasteiger partial charge is 0.255 e. The highest BCUT2D eigenvalue weighted by atomic mass is 16.5. The number of morpholine rings is 1. The Hall–Kier alpha value is -1.66. The Bertz CT molecular complexity index is 531. The minimum absolute atomic E-state index is 0.0254. The molecule has 0 spiro atoms. The summed E-state index contributed by atoms with van der Waals surface area (Å²) in [5.74, 6) is 0.745. The Morgan fingerprint density at radius 3 is 3.00 bits per heavy atom. The predicted molar refractivity (Wildman–Crippen MR) is 89.9 cm³/mol. The lowest BCUT2D eigenvalue weighted by Crippen LogP contribution is -2.41. The van der Waals surface area contributed by atoms with E-state index in [2.05, 4.69) is 27.0 Å². The summed E-state index contributed by atoms with van der Waals surface area (Å²) in [6.45, 7) is 8.01. The van der Waals surface area contributed by atoms with E-state index in [1.165, 1.54) is 6.42 Å². The van der Waals surface area contributed by atoms with Crippen molar-refractivity contribution in [3.63, 3.8) is 0 Å². The van der Waals surface area contributed by atoms with Crippen LogP contribution in [0.5, 0.6) is 0 Å². The van der Waals surface area contributed by atoms with Gasteiger partial charge in [0.05, 0.1) is 18.8 Å². The number of likely N-dealkylation sites (tertiary alicyclic amines) is 1. The SMILES string of the molecule is CCN1CCC[C@@H]1CNC(=O)c1cccnc1N1CCOCC1. The van der Waals surface area contributed by atoms with Crippen LogP contribution in [0.25, 0.3) is 0 Å². The molecule has 3 heterocycles. The molecule has 0 bridgehead atoms. The molecule has 6 heteroatoms. The van der Waals surface area contributed by atoms with Gasteiger partial charge in [-0.15, -0.1) is 0 Å². The number of nitrogens with one attached hydrogen (secondary N) is 1. The molecule has 23 heavy (non-hydrogen) atoms. The van der Waals surface area contributed by atoms with Crippen LogP contribution in [0.4, 0.5) is 5.82 Å². The first-order valence-corrected chi connectivity index (χ1v) is 8.59. The van der Waals surface area contributed by atoms with E-state index in [-0.39, 0.29) is 5.91 Å². The van der Waals surface area contributed by atoms with E-state index >= 15 is 0 Å². The predicted octanol–water partition coefficient (Wildman–Crippen LogP) is 1.13. The molecule has 6 nitrogen and oxygen atoms in total. The normalized spacial score (nSPS) is 22.3. The van der Waals surface area contributed by atoms with Crippen LogP contribution in [-0.2, 0) is 4.74 Å². The van der Waals surface area contributed by atoms with E-state index in [1.807, 2.05) is 12.1 Å². The molecule has 1 aromatic rings. The minimum atomic E-state index is -0.0254. The highest BCUT2D eigenvalue weighted by molar-refractivity contribution is 5.98. The highest BCUT2D eigenvalue weighted by Crippen LogP contribution is 2.19. The zero-order chi connectivity index (χ0) is 16.1. The van der Waals surface area contributed by atoms with Gasteiger partial charge < -0.3 is 15.0 Å². The van der Waals surface area contributed by atoms with E-state index in [4.69, 9.17) is 4.74 Å². The van der Waals surface area contributed by atoms with Gasteiger partial charge in [0.2, 0.25) is 0 Å². The summed E-state index contributed by atoms with van der Waals surface area (Å²) in [7, 11) is 0. The van der Waals surface area contributed by atoms with Crippen molar-refractivity contribution in [1.29, 1.82) is 0 Å². The van der Waals surface area contributed by atoms with Crippen molar-refractivity contribution in [3.05, 3.63) is 23.9 Å². The minimum Gasteiger partial charge on any atom is -0.378 e. The van der Waals surface area contributed by atoms with Gasteiger partial charge >= 0.3 is 0 Å².